The number of hydrogen-bond acceptors (Lipinski definition) is 6. The average Bonchev–Trinajstić information content (AvgIpc) is 2.66. The van der Waals surface area contributed by atoms with E-state index in [0.29, 0.717) is 17.9 Å². The molecule has 0 spiro atoms. The summed E-state index contributed by atoms with van der Waals surface area (Å²) in [6, 6.07) is 12.4. The molecular formula is C20H23NO6S. The van der Waals surface area contributed by atoms with E-state index in [9.17, 15) is 18.0 Å². The van der Waals surface area contributed by atoms with Crippen LogP contribution in [0.15, 0.2) is 53.4 Å². The van der Waals surface area contributed by atoms with E-state index in [1.807, 2.05) is 6.92 Å². The molecule has 0 aromatic heterocycles. The van der Waals surface area contributed by atoms with E-state index in [1.54, 1.807) is 36.4 Å². The summed E-state index contributed by atoms with van der Waals surface area (Å²) in [4.78, 5) is 24.0. The lowest BCUT2D eigenvalue weighted by Crippen LogP contribution is -2.21. The Labute approximate surface area is 164 Å². The van der Waals surface area contributed by atoms with Crippen LogP contribution in [0.3, 0.4) is 0 Å². The van der Waals surface area contributed by atoms with Gasteiger partial charge in [-0.15, -0.1) is 0 Å². The first-order valence-corrected chi connectivity index (χ1v) is 10.7. The van der Waals surface area contributed by atoms with Crippen molar-refractivity contribution in [2.45, 2.75) is 24.7 Å². The summed E-state index contributed by atoms with van der Waals surface area (Å²) in [5.41, 5.74) is 0.596. The lowest BCUT2D eigenvalue weighted by atomic mass is 10.2. The molecule has 0 atom stereocenters. The van der Waals surface area contributed by atoms with Crippen LogP contribution in [0.1, 0.15) is 30.1 Å². The fraction of sp³-hybridized carbons (Fsp3) is 0.300. The van der Waals surface area contributed by atoms with Crippen molar-refractivity contribution in [3.8, 4) is 5.75 Å². The van der Waals surface area contributed by atoms with E-state index >= 15 is 0 Å². The van der Waals surface area contributed by atoms with Crippen molar-refractivity contribution >= 4 is 27.4 Å². The summed E-state index contributed by atoms with van der Waals surface area (Å²) < 4.78 is 34.0. The second-order valence-electron chi connectivity index (χ2n) is 6.12. The number of amides is 1. The fourth-order valence-electron chi connectivity index (χ4n) is 2.31. The van der Waals surface area contributed by atoms with Gasteiger partial charge < -0.3 is 14.8 Å². The largest absolute Gasteiger partial charge is 0.484 e. The molecule has 0 saturated heterocycles. The van der Waals surface area contributed by atoms with Gasteiger partial charge >= 0.3 is 5.97 Å². The van der Waals surface area contributed by atoms with E-state index in [4.69, 9.17) is 9.47 Å². The number of esters is 1. The van der Waals surface area contributed by atoms with Crippen LogP contribution >= 0.6 is 0 Å². The maximum Gasteiger partial charge on any atom is 0.338 e. The Morgan fingerprint density at radius 3 is 2.36 bits per heavy atom. The van der Waals surface area contributed by atoms with Crippen molar-refractivity contribution in [1.82, 2.24) is 0 Å². The molecule has 0 unspecified atom stereocenters. The van der Waals surface area contributed by atoms with Crippen LogP contribution < -0.4 is 10.1 Å². The number of ether oxygens (including phenoxy) is 2. The van der Waals surface area contributed by atoms with Crippen molar-refractivity contribution in [3.05, 3.63) is 54.1 Å². The molecule has 1 N–H and O–H groups in total. The van der Waals surface area contributed by atoms with E-state index in [-0.39, 0.29) is 17.2 Å². The summed E-state index contributed by atoms with van der Waals surface area (Å²) in [5.74, 6) is -0.508. The zero-order valence-corrected chi connectivity index (χ0v) is 16.6. The summed E-state index contributed by atoms with van der Waals surface area (Å²) >= 11 is 0. The number of carbonyl (C=O) groups is 2. The average molecular weight is 405 g/mol. The standard InChI is InChI=1S/C20H23NO6S/c1-3-4-13-26-20(23)15-9-11-16(12-10-15)27-14-19(22)21-17-7-5-6-8-18(17)28(2,24)25/h5-12H,3-4,13-14H2,1-2H3,(H,21,22). The first kappa shape index (κ1) is 21.4. The second kappa shape index (κ2) is 9.89. The van der Waals surface area contributed by atoms with Crippen LogP contribution in [0, 0.1) is 0 Å². The highest BCUT2D eigenvalue weighted by atomic mass is 32.2. The number of anilines is 1. The topological polar surface area (TPSA) is 98.8 Å². The molecule has 150 valence electrons. The number of sulfone groups is 1. The van der Waals surface area contributed by atoms with Gasteiger partial charge in [0.05, 0.1) is 22.8 Å². The smallest absolute Gasteiger partial charge is 0.338 e. The van der Waals surface area contributed by atoms with E-state index in [1.165, 1.54) is 12.1 Å². The monoisotopic (exact) mass is 405 g/mol. The molecule has 0 aliphatic rings. The molecule has 0 fully saturated rings. The summed E-state index contributed by atoms with van der Waals surface area (Å²) in [6.45, 7) is 2.08. The Morgan fingerprint density at radius 1 is 1.04 bits per heavy atom. The number of hydrogen-bond donors (Lipinski definition) is 1. The molecule has 0 saturated carbocycles. The first-order chi connectivity index (χ1) is 13.3. The minimum absolute atomic E-state index is 0.0364. The lowest BCUT2D eigenvalue weighted by Gasteiger charge is -2.11. The third-order valence-electron chi connectivity index (χ3n) is 3.75. The first-order valence-electron chi connectivity index (χ1n) is 8.80. The molecule has 0 bridgehead atoms. The van der Waals surface area contributed by atoms with E-state index in [0.717, 1.165) is 19.1 Å². The fourth-order valence-corrected chi connectivity index (χ4v) is 3.15. The maximum atomic E-state index is 12.1. The Morgan fingerprint density at radius 2 is 1.71 bits per heavy atom. The van der Waals surface area contributed by atoms with Gasteiger partial charge in [-0.25, -0.2) is 13.2 Å². The third-order valence-corrected chi connectivity index (χ3v) is 4.91. The minimum atomic E-state index is -3.47. The second-order valence-corrected chi connectivity index (χ2v) is 8.10. The van der Waals surface area contributed by atoms with E-state index in [2.05, 4.69) is 5.32 Å². The number of rotatable bonds is 9. The predicted octanol–water partition coefficient (Wildman–Crippen LogP) is 3.06. The number of carbonyl (C=O) groups excluding carboxylic acids is 2. The summed E-state index contributed by atoms with van der Waals surface area (Å²) in [7, 11) is -3.47. The van der Waals surface area contributed by atoms with Crippen LogP contribution in [-0.4, -0.2) is 39.8 Å². The molecule has 0 aliphatic heterocycles. The van der Waals surface area contributed by atoms with Gasteiger partial charge in [-0.2, -0.15) is 0 Å². The van der Waals surface area contributed by atoms with Gasteiger partial charge in [-0.3, -0.25) is 4.79 Å². The molecule has 7 nitrogen and oxygen atoms in total. The molecule has 0 radical (unpaired) electrons. The van der Waals surface area contributed by atoms with Crippen molar-refractivity contribution in [2.75, 3.05) is 24.8 Å². The molecule has 2 aromatic carbocycles. The molecule has 2 rings (SSSR count). The number of benzene rings is 2. The molecule has 8 heteroatoms. The van der Waals surface area contributed by atoms with Gasteiger partial charge in [0.2, 0.25) is 0 Å². The quantitative estimate of drug-likeness (QED) is 0.508. The van der Waals surface area contributed by atoms with E-state index < -0.39 is 21.7 Å². The highest BCUT2D eigenvalue weighted by Gasteiger charge is 2.15. The van der Waals surface area contributed by atoms with Crippen LogP contribution in [0.5, 0.6) is 5.75 Å². The third kappa shape index (κ3) is 6.38. The zero-order chi connectivity index (χ0) is 20.6. The Hall–Kier alpha value is -2.87. The van der Waals surface area contributed by atoms with Crippen LogP contribution in [0.25, 0.3) is 0 Å². The normalized spacial score (nSPS) is 10.9. The van der Waals surface area contributed by atoms with Crippen LogP contribution in [0.4, 0.5) is 5.69 Å². The molecule has 2 aromatic rings. The van der Waals surface area contributed by atoms with Gasteiger partial charge in [0.15, 0.2) is 16.4 Å². The Balaban J connectivity index is 1.91. The highest BCUT2D eigenvalue weighted by molar-refractivity contribution is 7.90. The number of nitrogens with one attached hydrogen (secondary N) is 1. The zero-order valence-electron chi connectivity index (χ0n) is 15.8. The van der Waals surface area contributed by atoms with Crippen molar-refractivity contribution in [2.24, 2.45) is 0 Å². The van der Waals surface area contributed by atoms with Gasteiger partial charge in [0, 0.05) is 6.26 Å². The molecule has 0 heterocycles. The Bertz CT molecular complexity index is 922. The van der Waals surface area contributed by atoms with Gasteiger partial charge in [-0.1, -0.05) is 25.5 Å². The minimum Gasteiger partial charge on any atom is -0.484 e. The molecule has 28 heavy (non-hydrogen) atoms. The Kier molecular flexibility index (Phi) is 7.57. The van der Waals surface area contributed by atoms with Gasteiger partial charge in [0.25, 0.3) is 5.91 Å². The predicted molar refractivity (Wildman–Crippen MR) is 105 cm³/mol. The molecular weight excluding hydrogens is 382 g/mol. The number of para-hydroxylation sites is 1. The van der Waals surface area contributed by atoms with Crippen LogP contribution in [0.2, 0.25) is 0 Å². The van der Waals surface area contributed by atoms with Crippen LogP contribution in [-0.2, 0) is 19.4 Å². The van der Waals surface area contributed by atoms with Crippen molar-refractivity contribution in [3.63, 3.8) is 0 Å². The summed E-state index contributed by atoms with van der Waals surface area (Å²) in [6.07, 6.45) is 2.82. The van der Waals surface area contributed by atoms with Crippen molar-refractivity contribution in [1.29, 1.82) is 0 Å². The van der Waals surface area contributed by atoms with Gasteiger partial charge in [0.1, 0.15) is 5.75 Å². The highest BCUT2D eigenvalue weighted by Crippen LogP contribution is 2.20. The molecule has 0 aliphatic carbocycles. The number of unbranched alkanes of at least 4 members (excludes halogenated alkanes) is 1. The van der Waals surface area contributed by atoms with Gasteiger partial charge in [-0.05, 0) is 42.8 Å². The maximum absolute atomic E-state index is 12.1. The SMILES string of the molecule is CCCCOC(=O)c1ccc(OCC(=O)Nc2ccccc2S(C)(=O)=O)cc1. The molecule has 1 amide bonds. The summed E-state index contributed by atoms with van der Waals surface area (Å²) in [5, 5.41) is 2.53. The van der Waals surface area contributed by atoms with Crippen molar-refractivity contribution < 1.29 is 27.5 Å². The lowest BCUT2D eigenvalue weighted by molar-refractivity contribution is -0.118.